The summed E-state index contributed by atoms with van der Waals surface area (Å²) in [6, 6.07) is 7.57. The molecule has 9 heteroatoms. The van der Waals surface area contributed by atoms with Crippen LogP contribution < -0.4 is 9.64 Å². The number of hydrogen-bond donors (Lipinski definition) is 0. The lowest BCUT2D eigenvalue weighted by atomic mass is 10.1. The Morgan fingerprint density at radius 1 is 1.14 bits per heavy atom. The Balaban J connectivity index is 1.35. The van der Waals surface area contributed by atoms with Crippen LogP contribution >= 0.6 is 0 Å². The van der Waals surface area contributed by atoms with Gasteiger partial charge in [-0.05, 0) is 18.6 Å². The Morgan fingerprint density at radius 3 is 2.52 bits per heavy atom. The van der Waals surface area contributed by atoms with E-state index >= 15 is 0 Å². The summed E-state index contributed by atoms with van der Waals surface area (Å²) in [5, 5.41) is 0. The fourth-order valence-electron chi connectivity index (χ4n) is 4.59. The first kappa shape index (κ1) is 20.0. The van der Waals surface area contributed by atoms with Crippen molar-refractivity contribution in [2.24, 2.45) is 5.92 Å². The normalized spacial score (nSPS) is 26.8. The number of piperazine rings is 1. The molecule has 0 unspecified atom stereocenters. The summed E-state index contributed by atoms with van der Waals surface area (Å²) in [4.78, 5) is 31.1. The number of ether oxygens (including phenoxy) is 1. The minimum absolute atomic E-state index is 0.00128. The summed E-state index contributed by atoms with van der Waals surface area (Å²) < 4.78 is 28.9. The van der Waals surface area contributed by atoms with Gasteiger partial charge >= 0.3 is 0 Å². The van der Waals surface area contributed by atoms with E-state index < -0.39 is 9.84 Å². The summed E-state index contributed by atoms with van der Waals surface area (Å²) in [6.07, 6.45) is 0.661. The van der Waals surface area contributed by atoms with Gasteiger partial charge in [0.05, 0.1) is 30.2 Å². The van der Waals surface area contributed by atoms with Crippen molar-refractivity contribution < 1.29 is 22.7 Å². The number of amides is 2. The van der Waals surface area contributed by atoms with E-state index in [0.717, 1.165) is 11.4 Å². The van der Waals surface area contributed by atoms with Crippen molar-refractivity contribution in [1.82, 2.24) is 9.80 Å². The molecule has 0 bridgehead atoms. The third-order valence-corrected chi connectivity index (χ3v) is 7.92. The number of methoxy groups -OCH3 is 1. The second kappa shape index (κ2) is 7.85. The number of anilines is 1. The molecule has 158 valence electrons. The Morgan fingerprint density at radius 2 is 1.86 bits per heavy atom. The summed E-state index contributed by atoms with van der Waals surface area (Å²) >= 11 is 0. The summed E-state index contributed by atoms with van der Waals surface area (Å²) in [7, 11) is -1.41. The van der Waals surface area contributed by atoms with Crippen molar-refractivity contribution >= 4 is 27.3 Å². The van der Waals surface area contributed by atoms with Crippen LogP contribution in [0.4, 0.5) is 5.69 Å². The van der Waals surface area contributed by atoms with Gasteiger partial charge < -0.3 is 19.4 Å². The van der Waals surface area contributed by atoms with Gasteiger partial charge in [-0.3, -0.25) is 9.59 Å². The number of carbonyl (C=O) groups is 2. The lowest BCUT2D eigenvalue weighted by Gasteiger charge is -2.37. The van der Waals surface area contributed by atoms with Crippen LogP contribution in [-0.4, -0.2) is 87.4 Å². The zero-order chi connectivity index (χ0) is 20.6. The molecule has 29 heavy (non-hydrogen) atoms. The number of rotatable bonds is 4. The predicted octanol–water partition coefficient (Wildman–Crippen LogP) is 0.379. The molecule has 3 heterocycles. The SMILES string of the molecule is COc1ccccc1N1CCN(C(=O)[C@H]2CC(=O)N([C@H]3CCS(=O)(=O)C3)C2)CC1. The number of hydrogen-bond acceptors (Lipinski definition) is 6. The fourth-order valence-corrected chi connectivity index (χ4v) is 6.32. The molecule has 0 saturated carbocycles. The minimum Gasteiger partial charge on any atom is -0.495 e. The largest absolute Gasteiger partial charge is 0.495 e. The van der Waals surface area contributed by atoms with E-state index in [1.54, 1.807) is 12.0 Å². The van der Waals surface area contributed by atoms with Crippen LogP contribution in [0.5, 0.6) is 5.75 Å². The average molecular weight is 422 g/mol. The van der Waals surface area contributed by atoms with Crippen LogP contribution in [0.15, 0.2) is 24.3 Å². The third-order valence-electron chi connectivity index (χ3n) is 6.17. The van der Waals surface area contributed by atoms with Crippen LogP contribution in [0, 0.1) is 5.92 Å². The first-order chi connectivity index (χ1) is 13.9. The smallest absolute Gasteiger partial charge is 0.228 e. The first-order valence-corrected chi connectivity index (χ1v) is 11.9. The summed E-state index contributed by atoms with van der Waals surface area (Å²) in [6.45, 7) is 2.94. The molecule has 3 aliphatic rings. The van der Waals surface area contributed by atoms with Crippen molar-refractivity contribution in [1.29, 1.82) is 0 Å². The van der Waals surface area contributed by atoms with Crippen molar-refractivity contribution in [3.63, 3.8) is 0 Å². The number of sulfone groups is 1. The number of likely N-dealkylation sites (tertiary alicyclic amines) is 1. The standard InChI is InChI=1S/C20H27N3O5S/c1-28-18-5-3-2-4-17(18)21-7-9-22(10-8-21)20(25)15-12-19(24)23(13-15)16-6-11-29(26,27)14-16/h2-5,15-16H,6-14H2,1H3/t15-,16-/m0/s1. The van der Waals surface area contributed by atoms with Crippen LogP contribution in [0.3, 0.4) is 0 Å². The molecule has 4 rings (SSSR count). The van der Waals surface area contributed by atoms with E-state index in [0.29, 0.717) is 39.1 Å². The molecule has 1 aromatic carbocycles. The Labute approximate surface area is 171 Å². The molecule has 1 aromatic rings. The monoisotopic (exact) mass is 421 g/mol. The molecule has 8 nitrogen and oxygen atoms in total. The van der Waals surface area contributed by atoms with Gasteiger partial charge in [-0.25, -0.2) is 8.42 Å². The van der Waals surface area contributed by atoms with Crippen LogP contribution in [0.2, 0.25) is 0 Å². The Hall–Kier alpha value is -2.29. The van der Waals surface area contributed by atoms with Crippen molar-refractivity contribution in [2.75, 3.05) is 56.2 Å². The van der Waals surface area contributed by atoms with E-state index in [2.05, 4.69) is 4.90 Å². The molecule has 2 atom stereocenters. The maximum absolute atomic E-state index is 13.0. The molecule has 0 spiro atoms. The predicted molar refractivity (Wildman–Crippen MR) is 109 cm³/mol. The molecular formula is C20H27N3O5S. The van der Waals surface area contributed by atoms with Crippen LogP contribution in [-0.2, 0) is 19.4 Å². The average Bonchev–Trinajstić information content (AvgIpc) is 3.29. The van der Waals surface area contributed by atoms with Crippen molar-refractivity contribution in [2.45, 2.75) is 18.9 Å². The maximum Gasteiger partial charge on any atom is 0.228 e. The highest BCUT2D eigenvalue weighted by atomic mass is 32.2. The molecule has 2 amide bonds. The molecule has 0 radical (unpaired) electrons. The van der Waals surface area contributed by atoms with Gasteiger partial charge in [0.2, 0.25) is 11.8 Å². The molecule has 3 aliphatic heterocycles. The highest BCUT2D eigenvalue weighted by molar-refractivity contribution is 7.91. The third kappa shape index (κ3) is 4.05. The first-order valence-electron chi connectivity index (χ1n) is 10.0. The fraction of sp³-hybridized carbons (Fsp3) is 0.600. The number of carbonyl (C=O) groups excluding carboxylic acids is 2. The second-order valence-electron chi connectivity index (χ2n) is 7.99. The van der Waals surface area contributed by atoms with Gasteiger partial charge in [0.1, 0.15) is 5.75 Å². The number of nitrogens with zero attached hydrogens (tertiary/aromatic N) is 3. The van der Waals surface area contributed by atoms with Gasteiger partial charge in [0.15, 0.2) is 9.84 Å². The van der Waals surface area contributed by atoms with Crippen molar-refractivity contribution in [3.8, 4) is 5.75 Å². The van der Waals surface area contributed by atoms with Gasteiger partial charge in [-0.2, -0.15) is 0 Å². The molecule has 3 saturated heterocycles. The number of benzene rings is 1. The lowest BCUT2D eigenvalue weighted by molar-refractivity contribution is -0.136. The molecule has 0 N–H and O–H groups in total. The van der Waals surface area contributed by atoms with Gasteiger partial charge in [-0.15, -0.1) is 0 Å². The highest BCUT2D eigenvalue weighted by Crippen LogP contribution is 2.30. The Kier molecular flexibility index (Phi) is 5.42. The van der Waals surface area contributed by atoms with Gasteiger partial charge in [-0.1, -0.05) is 12.1 Å². The quantitative estimate of drug-likeness (QED) is 0.699. The minimum atomic E-state index is -3.06. The van der Waals surface area contributed by atoms with E-state index in [9.17, 15) is 18.0 Å². The van der Waals surface area contributed by atoms with Crippen LogP contribution in [0.1, 0.15) is 12.8 Å². The van der Waals surface area contributed by atoms with Gasteiger partial charge in [0.25, 0.3) is 0 Å². The molecule has 0 aromatic heterocycles. The summed E-state index contributed by atoms with van der Waals surface area (Å²) in [5.41, 5.74) is 1.02. The summed E-state index contributed by atoms with van der Waals surface area (Å²) in [5.74, 6) is 0.501. The molecular weight excluding hydrogens is 394 g/mol. The van der Waals surface area contributed by atoms with E-state index in [-0.39, 0.29) is 41.7 Å². The topological polar surface area (TPSA) is 87.2 Å². The number of para-hydroxylation sites is 2. The van der Waals surface area contributed by atoms with E-state index in [1.807, 2.05) is 29.2 Å². The molecule has 0 aliphatic carbocycles. The van der Waals surface area contributed by atoms with Gasteiger partial charge in [0, 0.05) is 45.2 Å². The lowest BCUT2D eigenvalue weighted by Crippen LogP contribution is -2.51. The van der Waals surface area contributed by atoms with Crippen molar-refractivity contribution in [3.05, 3.63) is 24.3 Å². The molecule has 3 fully saturated rings. The Bertz CT molecular complexity index is 895. The van der Waals surface area contributed by atoms with E-state index in [1.165, 1.54) is 0 Å². The zero-order valence-corrected chi connectivity index (χ0v) is 17.4. The zero-order valence-electron chi connectivity index (χ0n) is 16.6. The van der Waals surface area contributed by atoms with Crippen LogP contribution in [0.25, 0.3) is 0 Å². The highest BCUT2D eigenvalue weighted by Gasteiger charge is 2.43. The maximum atomic E-state index is 13.0. The second-order valence-corrected chi connectivity index (χ2v) is 10.2. The van der Waals surface area contributed by atoms with E-state index in [4.69, 9.17) is 4.74 Å².